The van der Waals surface area contributed by atoms with Crippen molar-refractivity contribution in [2.45, 2.75) is 32.8 Å². The van der Waals surface area contributed by atoms with Gasteiger partial charge in [0.1, 0.15) is 0 Å². The molecule has 0 fully saturated rings. The summed E-state index contributed by atoms with van der Waals surface area (Å²) >= 11 is 0. The molecule has 0 radical (unpaired) electrons. The minimum atomic E-state index is -0.458. The molecule has 0 aliphatic carbocycles. The van der Waals surface area contributed by atoms with Crippen molar-refractivity contribution >= 4 is 0 Å². The fourth-order valence-electron chi connectivity index (χ4n) is 0.231. The van der Waals surface area contributed by atoms with Crippen LogP contribution in [0.4, 0.5) is 0 Å². The van der Waals surface area contributed by atoms with E-state index in [-0.39, 0.29) is 13.2 Å². The van der Waals surface area contributed by atoms with E-state index < -0.39 is 5.60 Å². The number of hydrogen-bond donors (Lipinski definition) is 3. The highest BCUT2D eigenvalue weighted by Crippen LogP contribution is 2.03. The van der Waals surface area contributed by atoms with Crippen LogP contribution in [0.5, 0.6) is 0 Å². The van der Waals surface area contributed by atoms with E-state index in [9.17, 15) is 0 Å². The molecule has 4 nitrogen and oxygen atoms in total. The van der Waals surface area contributed by atoms with Crippen molar-refractivity contribution in [3.63, 3.8) is 0 Å². The van der Waals surface area contributed by atoms with Crippen LogP contribution in [0, 0.1) is 0 Å². The van der Waals surface area contributed by atoms with Gasteiger partial charge in [0.2, 0.25) is 0 Å². The lowest BCUT2D eigenvalue weighted by atomic mass is 10.1. The van der Waals surface area contributed by atoms with Crippen LogP contribution in [-0.4, -0.2) is 47.3 Å². The molecular formula is C9H22O4. The largest absolute Gasteiger partial charge is 0.394 e. The van der Waals surface area contributed by atoms with Crippen molar-refractivity contribution in [1.29, 1.82) is 0 Å². The molecule has 0 rings (SSSR count). The SMILES string of the molecule is CCC(C)(C)O.OCCOCCO. The minimum absolute atomic E-state index is 0.0278. The fraction of sp³-hybridized carbons (Fsp3) is 1.00. The Balaban J connectivity index is 0. The van der Waals surface area contributed by atoms with E-state index in [1.807, 2.05) is 6.92 Å². The van der Waals surface area contributed by atoms with E-state index in [4.69, 9.17) is 15.3 Å². The molecule has 0 bridgehead atoms. The molecule has 0 aromatic rings. The molecule has 0 aliphatic heterocycles. The first-order chi connectivity index (χ1) is 5.97. The molecule has 0 atom stereocenters. The molecule has 13 heavy (non-hydrogen) atoms. The van der Waals surface area contributed by atoms with E-state index >= 15 is 0 Å². The average molecular weight is 194 g/mol. The van der Waals surface area contributed by atoms with Gasteiger partial charge in [-0.15, -0.1) is 0 Å². The van der Waals surface area contributed by atoms with Crippen molar-refractivity contribution in [2.75, 3.05) is 26.4 Å². The topological polar surface area (TPSA) is 69.9 Å². The van der Waals surface area contributed by atoms with Crippen molar-refractivity contribution < 1.29 is 20.1 Å². The molecule has 82 valence electrons. The quantitative estimate of drug-likeness (QED) is 0.545. The molecule has 0 heterocycles. The van der Waals surface area contributed by atoms with E-state index in [1.54, 1.807) is 13.8 Å². The summed E-state index contributed by atoms with van der Waals surface area (Å²) < 4.78 is 4.63. The zero-order chi connectivity index (χ0) is 10.7. The highest BCUT2D eigenvalue weighted by atomic mass is 16.5. The monoisotopic (exact) mass is 194 g/mol. The Morgan fingerprint density at radius 2 is 1.38 bits per heavy atom. The third-order valence-corrected chi connectivity index (χ3v) is 1.34. The van der Waals surface area contributed by atoms with Gasteiger partial charge in [-0.1, -0.05) is 6.92 Å². The third-order valence-electron chi connectivity index (χ3n) is 1.34. The van der Waals surface area contributed by atoms with Crippen LogP contribution in [0.15, 0.2) is 0 Å². The van der Waals surface area contributed by atoms with E-state index in [1.165, 1.54) is 0 Å². The first-order valence-electron chi connectivity index (χ1n) is 4.49. The summed E-state index contributed by atoms with van der Waals surface area (Å²) in [6, 6.07) is 0. The lowest BCUT2D eigenvalue weighted by Gasteiger charge is -2.11. The third kappa shape index (κ3) is 24.5. The van der Waals surface area contributed by atoms with Crippen LogP contribution in [-0.2, 0) is 4.74 Å². The van der Waals surface area contributed by atoms with Crippen LogP contribution in [0.1, 0.15) is 27.2 Å². The lowest BCUT2D eigenvalue weighted by Crippen LogP contribution is -2.15. The molecule has 0 aliphatic rings. The molecular weight excluding hydrogens is 172 g/mol. The van der Waals surface area contributed by atoms with Gasteiger partial charge >= 0.3 is 0 Å². The highest BCUT2D eigenvalue weighted by Gasteiger charge is 2.05. The number of aliphatic hydroxyl groups excluding tert-OH is 2. The van der Waals surface area contributed by atoms with Gasteiger partial charge in [0.05, 0.1) is 32.0 Å². The van der Waals surface area contributed by atoms with Crippen molar-refractivity contribution in [1.82, 2.24) is 0 Å². The van der Waals surface area contributed by atoms with Gasteiger partial charge in [0.25, 0.3) is 0 Å². The van der Waals surface area contributed by atoms with E-state index in [0.717, 1.165) is 6.42 Å². The minimum Gasteiger partial charge on any atom is -0.394 e. The second-order valence-corrected chi connectivity index (χ2v) is 3.23. The predicted molar refractivity (Wildman–Crippen MR) is 51.6 cm³/mol. The number of ether oxygens (including phenoxy) is 1. The molecule has 0 spiro atoms. The number of hydrogen-bond acceptors (Lipinski definition) is 4. The van der Waals surface area contributed by atoms with Crippen molar-refractivity contribution in [3.05, 3.63) is 0 Å². The van der Waals surface area contributed by atoms with Gasteiger partial charge in [-0.2, -0.15) is 0 Å². The summed E-state index contributed by atoms with van der Waals surface area (Å²) in [6.45, 7) is 6.25. The maximum atomic E-state index is 8.83. The van der Waals surface area contributed by atoms with Crippen LogP contribution in [0.2, 0.25) is 0 Å². The zero-order valence-electron chi connectivity index (χ0n) is 8.79. The molecule has 3 N–H and O–H groups in total. The Kier molecular flexibility index (Phi) is 11.7. The van der Waals surface area contributed by atoms with Gasteiger partial charge in [-0.25, -0.2) is 0 Å². The molecule has 0 unspecified atom stereocenters. The second kappa shape index (κ2) is 9.92. The highest BCUT2D eigenvalue weighted by molar-refractivity contribution is 4.59. The first-order valence-corrected chi connectivity index (χ1v) is 4.49. The molecule has 0 aromatic carbocycles. The van der Waals surface area contributed by atoms with Crippen molar-refractivity contribution in [3.8, 4) is 0 Å². The number of rotatable bonds is 5. The predicted octanol–water partition coefficient (Wildman–Crippen LogP) is 0.155. The summed E-state index contributed by atoms with van der Waals surface area (Å²) in [5.74, 6) is 0. The maximum Gasteiger partial charge on any atom is 0.0698 e. The maximum absolute atomic E-state index is 8.83. The smallest absolute Gasteiger partial charge is 0.0698 e. The van der Waals surface area contributed by atoms with Gasteiger partial charge in [0.15, 0.2) is 0 Å². The van der Waals surface area contributed by atoms with Crippen LogP contribution in [0.25, 0.3) is 0 Å². The molecule has 0 saturated carbocycles. The van der Waals surface area contributed by atoms with Gasteiger partial charge in [0, 0.05) is 0 Å². The fourth-order valence-corrected chi connectivity index (χ4v) is 0.231. The summed E-state index contributed by atoms with van der Waals surface area (Å²) in [5.41, 5.74) is -0.458. The Hall–Kier alpha value is -0.160. The standard InChI is InChI=1S/C5H12O.C4H10O3/c1-4-5(2,3)6;5-1-3-7-4-2-6/h6H,4H2,1-3H3;5-6H,1-4H2. The summed E-state index contributed by atoms with van der Waals surface area (Å²) in [6.07, 6.45) is 0.826. The molecule has 0 amide bonds. The summed E-state index contributed by atoms with van der Waals surface area (Å²) in [4.78, 5) is 0. The summed E-state index contributed by atoms with van der Waals surface area (Å²) in [5, 5.41) is 25.0. The number of aliphatic hydroxyl groups is 3. The Morgan fingerprint density at radius 3 is 1.54 bits per heavy atom. The summed E-state index contributed by atoms with van der Waals surface area (Å²) in [7, 11) is 0. The first kappa shape index (κ1) is 15.3. The van der Waals surface area contributed by atoms with Crippen LogP contribution in [0.3, 0.4) is 0 Å². The van der Waals surface area contributed by atoms with Crippen molar-refractivity contribution in [2.24, 2.45) is 0 Å². The Bertz CT molecular complexity index is 84.1. The molecule has 0 aromatic heterocycles. The van der Waals surface area contributed by atoms with Gasteiger partial charge in [-0.05, 0) is 20.3 Å². The average Bonchev–Trinajstić information content (AvgIpc) is 2.06. The molecule has 0 saturated heterocycles. The normalized spacial score (nSPS) is 10.6. The zero-order valence-corrected chi connectivity index (χ0v) is 8.79. The Morgan fingerprint density at radius 1 is 1.08 bits per heavy atom. The van der Waals surface area contributed by atoms with Gasteiger partial charge < -0.3 is 20.1 Å². The second-order valence-electron chi connectivity index (χ2n) is 3.23. The molecule has 4 heteroatoms. The van der Waals surface area contributed by atoms with E-state index in [0.29, 0.717) is 13.2 Å². The van der Waals surface area contributed by atoms with Crippen LogP contribution >= 0.6 is 0 Å². The Labute approximate surface area is 80.2 Å². The van der Waals surface area contributed by atoms with Crippen LogP contribution < -0.4 is 0 Å². The van der Waals surface area contributed by atoms with E-state index in [2.05, 4.69) is 4.74 Å². The van der Waals surface area contributed by atoms with Gasteiger partial charge in [-0.3, -0.25) is 0 Å². The lowest BCUT2D eigenvalue weighted by molar-refractivity contribution is 0.0650.